The molecule has 1 amide bonds. The molecular weight excluding hydrogens is 244 g/mol. The largest absolute Gasteiger partial charge is 0.452 e. The summed E-state index contributed by atoms with van der Waals surface area (Å²) in [6.45, 7) is 1.56. The fraction of sp³-hybridized carbons (Fsp3) is 0.786. The van der Waals surface area contributed by atoms with Crippen LogP contribution >= 0.6 is 0 Å². The number of esters is 1. The van der Waals surface area contributed by atoms with Crippen molar-refractivity contribution in [3.8, 4) is 6.07 Å². The lowest BCUT2D eigenvalue weighted by Crippen LogP contribution is -2.52. The zero-order chi connectivity index (χ0) is 13.9. The van der Waals surface area contributed by atoms with Crippen LogP contribution in [-0.2, 0) is 14.3 Å². The van der Waals surface area contributed by atoms with E-state index in [1.54, 1.807) is 6.92 Å². The van der Waals surface area contributed by atoms with E-state index < -0.39 is 11.6 Å². The molecule has 0 unspecified atom stereocenters. The molecule has 0 aromatic carbocycles. The van der Waals surface area contributed by atoms with E-state index in [4.69, 9.17) is 4.74 Å². The van der Waals surface area contributed by atoms with Crippen LogP contribution < -0.4 is 5.32 Å². The van der Waals surface area contributed by atoms with Crippen LogP contribution in [-0.4, -0.2) is 23.5 Å². The molecule has 2 aliphatic rings. The molecule has 0 radical (unpaired) electrons. The van der Waals surface area contributed by atoms with Crippen molar-refractivity contribution in [2.75, 3.05) is 0 Å². The number of carbonyl (C=O) groups is 2. The third-order valence-electron chi connectivity index (χ3n) is 3.86. The van der Waals surface area contributed by atoms with E-state index >= 15 is 0 Å². The maximum Gasteiger partial charge on any atom is 0.309 e. The molecule has 2 rings (SSSR count). The Hall–Kier alpha value is -1.57. The van der Waals surface area contributed by atoms with Crippen molar-refractivity contribution in [3.63, 3.8) is 0 Å². The first-order valence-electron chi connectivity index (χ1n) is 7.00. The van der Waals surface area contributed by atoms with Gasteiger partial charge in [0.05, 0.1) is 12.0 Å². The lowest BCUT2D eigenvalue weighted by Gasteiger charge is -2.32. The Morgan fingerprint density at radius 1 is 1.32 bits per heavy atom. The molecule has 1 N–H and O–H groups in total. The number of nitriles is 1. The van der Waals surface area contributed by atoms with Gasteiger partial charge in [-0.3, -0.25) is 9.59 Å². The minimum Gasteiger partial charge on any atom is -0.452 e. The fourth-order valence-corrected chi connectivity index (χ4v) is 2.40. The summed E-state index contributed by atoms with van der Waals surface area (Å²) in [5.74, 6) is -0.676. The monoisotopic (exact) mass is 264 g/mol. The lowest BCUT2D eigenvalue weighted by molar-refractivity contribution is -0.156. The highest BCUT2D eigenvalue weighted by Crippen LogP contribution is 2.31. The van der Waals surface area contributed by atoms with E-state index in [9.17, 15) is 14.9 Å². The summed E-state index contributed by atoms with van der Waals surface area (Å²) in [5.41, 5.74) is -0.768. The van der Waals surface area contributed by atoms with Gasteiger partial charge in [-0.2, -0.15) is 5.26 Å². The van der Waals surface area contributed by atoms with Crippen molar-refractivity contribution < 1.29 is 14.3 Å². The Labute approximate surface area is 113 Å². The molecule has 0 heterocycles. The minimum absolute atomic E-state index is 0.0187. The molecule has 1 atom stereocenters. The van der Waals surface area contributed by atoms with Crippen LogP contribution in [0.3, 0.4) is 0 Å². The van der Waals surface area contributed by atoms with Gasteiger partial charge in [-0.15, -0.1) is 0 Å². The summed E-state index contributed by atoms with van der Waals surface area (Å²) in [5, 5.41) is 12.0. The second-order valence-corrected chi connectivity index (χ2v) is 5.60. The molecule has 2 aliphatic carbocycles. The minimum atomic E-state index is -0.819. The number of nitrogens with one attached hydrogen (secondary N) is 1. The summed E-state index contributed by atoms with van der Waals surface area (Å²) in [6.07, 6.45) is 5.25. The molecule has 0 saturated heterocycles. The lowest BCUT2D eigenvalue weighted by atomic mass is 9.83. The maximum absolute atomic E-state index is 12.0. The molecule has 0 aromatic heterocycles. The Kier molecular flexibility index (Phi) is 4.08. The Morgan fingerprint density at radius 3 is 2.47 bits per heavy atom. The molecule has 0 aliphatic heterocycles. The standard InChI is InChI=1S/C14H20N2O3/c1-10(19-13(18)11-5-6-11)12(17)16-14(9-15)7-3-2-4-8-14/h10-11H,2-8H2,1H3,(H,16,17)/t10-/m1/s1. The second kappa shape index (κ2) is 5.60. The van der Waals surface area contributed by atoms with Crippen LogP contribution in [0.1, 0.15) is 51.9 Å². The quantitative estimate of drug-likeness (QED) is 0.783. The normalized spacial score (nSPS) is 22.9. The van der Waals surface area contributed by atoms with Crippen LogP contribution in [0.15, 0.2) is 0 Å². The summed E-state index contributed by atoms with van der Waals surface area (Å²) in [7, 11) is 0. The Bertz CT molecular complexity index is 403. The molecule has 0 spiro atoms. The van der Waals surface area contributed by atoms with Crippen molar-refractivity contribution in [1.82, 2.24) is 5.32 Å². The second-order valence-electron chi connectivity index (χ2n) is 5.60. The summed E-state index contributed by atoms with van der Waals surface area (Å²) >= 11 is 0. The van der Waals surface area contributed by atoms with Crippen molar-refractivity contribution in [2.24, 2.45) is 5.92 Å². The van der Waals surface area contributed by atoms with Crippen LogP contribution in [0.4, 0.5) is 0 Å². The van der Waals surface area contributed by atoms with Crippen LogP contribution in [0.2, 0.25) is 0 Å². The molecule has 0 aromatic rings. The summed E-state index contributed by atoms with van der Waals surface area (Å²) < 4.78 is 5.11. The van der Waals surface area contributed by atoms with Gasteiger partial charge < -0.3 is 10.1 Å². The number of hydrogen-bond acceptors (Lipinski definition) is 4. The van der Waals surface area contributed by atoms with Gasteiger partial charge in [0, 0.05) is 0 Å². The number of ether oxygens (including phenoxy) is 1. The van der Waals surface area contributed by atoms with Gasteiger partial charge in [0.1, 0.15) is 5.54 Å². The zero-order valence-electron chi connectivity index (χ0n) is 11.3. The maximum atomic E-state index is 12.0. The smallest absolute Gasteiger partial charge is 0.309 e. The predicted octanol–water partition coefficient (Wildman–Crippen LogP) is 1.67. The molecule has 19 heavy (non-hydrogen) atoms. The van der Waals surface area contributed by atoms with Gasteiger partial charge in [0.15, 0.2) is 6.10 Å². The third kappa shape index (κ3) is 3.46. The Balaban J connectivity index is 1.87. The van der Waals surface area contributed by atoms with Crippen molar-refractivity contribution >= 4 is 11.9 Å². The van der Waals surface area contributed by atoms with E-state index in [0.717, 1.165) is 32.1 Å². The van der Waals surface area contributed by atoms with Gasteiger partial charge in [-0.05, 0) is 32.6 Å². The number of hydrogen-bond donors (Lipinski definition) is 1. The van der Waals surface area contributed by atoms with Crippen molar-refractivity contribution in [3.05, 3.63) is 0 Å². The highest BCUT2D eigenvalue weighted by atomic mass is 16.5. The van der Waals surface area contributed by atoms with Crippen LogP contribution in [0.5, 0.6) is 0 Å². The van der Waals surface area contributed by atoms with Gasteiger partial charge in [-0.1, -0.05) is 19.3 Å². The molecule has 0 bridgehead atoms. The molecule has 104 valence electrons. The van der Waals surface area contributed by atoms with E-state index in [1.807, 2.05) is 0 Å². The van der Waals surface area contributed by atoms with E-state index in [-0.39, 0.29) is 17.8 Å². The zero-order valence-corrected chi connectivity index (χ0v) is 11.3. The van der Waals surface area contributed by atoms with Crippen molar-refractivity contribution in [2.45, 2.75) is 63.5 Å². The van der Waals surface area contributed by atoms with Gasteiger partial charge >= 0.3 is 5.97 Å². The molecule has 5 heteroatoms. The van der Waals surface area contributed by atoms with Gasteiger partial charge in [0.25, 0.3) is 5.91 Å². The topological polar surface area (TPSA) is 79.2 Å². The van der Waals surface area contributed by atoms with Crippen molar-refractivity contribution in [1.29, 1.82) is 5.26 Å². The number of nitrogens with zero attached hydrogens (tertiary/aromatic N) is 1. The summed E-state index contributed by atoms with van der Waals surface area (Å²) in [4.78, 5) is 23.5. The van der Waals surface area contributed by atoms with E-state index in [1.165, 1.54) is 0 Å². The van der Waals surface area contributed by atoms with Crippen LogP contribution in [0.25, 0.3) is 0 Å². The molecular formula is C14H20N2O3. The first-order valence-corrected chi connectivity index (χ1v) is 7.00. The molecule has 2 fully saturated rings. The highest BCUT2D eigenvalue weighted by Gasteiger charge is 2.37. The Morgan fingerprint density at radius 2 is 1.95 bits per heavy atom. The number of amides is 1. The average molecular weight is 264 g/mol. The van der Waals surface area contributed by atoms with Gasteiger partial charge in [-0.25, -0.2) is 0 Å². The predicted molar refractivity (Wildman–Crippen MR) is 67.8 cm³/mol. The third-order valence-corrected chi connectivity index (χ3v) is 3.86. The van der Waals surface area contributed by atoms with E-state index in [0.29, 0.717) is 12.8 Å². The summed E-state index contributed by atoms with van der Waals surface area (Å²) in [6, 6.07) is 2.22. The first kappa shape index (κ1) is 13.9. The average Bonchev–Trinajstić information content (AvgIpc) is 3.24. The number of rotatable bonds is 4. The SMILES string of the molecule is C[C@@H](OC(=O)C1CC1)C(=O)NC1(C#N)CCCCC1. The molecule has 2 saturated carbocycles. The van der Waals surface area contributed by atoms with Gasteiger partial charge in [0.2, 0.25) is 0 Å². The highest BCUT2D eigenvalue weighted by molar-refractivity contribution is 5.85. The molecule has 5 nitrogen and oxygen atoms in total. The fourth-order valence-electron chi connectivity index (χ4n) is 2.40. The van der Waals surface area contributed by atoms with E-state index in [2.05, 4.69) is 11.4 Å². The number of carbonyl (C=O) groups excluding carboxylic acids is 2. The van der Waals surface area contributed by atoms with Crippen LogP contribution in [0, 0.1) is 17.2 Å². The first-order chi connectivity index (χ1) is 9.06.